The molecule has 0 spiro atoms. The van der Waals surface area contributed by atoms with E-state index in [9.17, 15) is 5.11 Å². The second-order valence-corrected chi connectivity index (χ2v) is 5.95. The van der Waals surface area contributed by atoms with Gasteiger partial charge in [-0.1, -0.05) is 18.2 Å². The maximum atomic E-state index is 9.92. The molecule has 0 radical (unpaired) electrons. The van der Waals surface area contributed by atoms with Crippen LogP contribution < -0.4 is 10.1 Å². The van der Waals surface area contributed by atoms with Gasteiger partial charge in [0.15, 0.2) is 0 Å². The molecule has 0 amide bonds. The highest BCUT2D eigenvalue weighted by Crippen LogP contribution is 2.10. The van der Waals surface area contributed by atoms with Gasteiger partial charge in [-0.25, -0.2) is 0 Å². The predicted octanol–water partition coefficient (Wildman–Crippen LogP) is 1.89. The number of nitrogens with one attached hydrogen (secondary N) is 1. The van der Waals surface area contributed by atoms with Gasteiger partial charge in [0.05, 0.1) is 6.10 Å². The van der Waals surface area contributed by atoms with Crippen molar-refractivity contribution >= 4 is 0 Å². The maximum absolute atomic E-state index is 9.92. The Morgan fingerprint density at radius 2 is 2.00 bits per heavy atom. The van der Waals surface area contributed by atoms with Crippen LogP contribution in [0, 0.1) is 0 Å². The topological polar surface area (TPSA) is 44.7 Å². The molecule has 118 valence electrons. The monoisotopic (exact) mass is 292 g/mol. The molecule has 1 atom stereocenters. The van der Waals surface area contributed by atoms with Gasteiger partial charge >= 0.3 is 0 Å². The first-order valence-electron chi connectivity index (χ1n) is 8.02. The first-order valence-corrected chi connectivity index (χ1v) is 8.02. The number of para-hydroxylation sites is 1. The zero-order chi connectivity index (χ0) is 14.9. The summed E-state index contributed by atoms with van der Waals surface area (Å²) in [4.78, 5) is 2.38. The lowest BCUT2D eigenvalue weighted by atomic mass is 10.1. The molecule has 1 heterocycles. The first kappa shape index (κ1) is 16.3. The Hall–Kier alpha value is -1.10. The smallest absolute Gasteiger partial charge is 0.119 e. The van der Waals surface area contributed by atoms with Crippen LogP contribution >= 0.6 is 0 Å². The van der Waals surface area contributed by atoms with E-state index >= 15 is 0 Å². The number of ether oxygens (including phenoxy) is 1. The molecular formula is C17H28N2O2. The quantitative estimate of drug-likeness (QED) is 0.718. The van der Waals surface area contributed by atoms with E-state index in [0.717, 1.165) is 25.1 Å². The van der Waals surface area contributed by atoms with E-state index in [2.05, 4.69) is 17.3 Å². The molecule has 1 fully saturated rings. The fraction of sp³-hybridized carbons (Fsp3) is 0.647. The summed E-state index contributed by atoms with van der Waals surface area (Å²) in [6.45, 7) is 3.73. The van der Waals surface area contributed by atoms with Crippen LogP contribution in [0.1, 0.15) is 25.7 Å². The van der Waals surface area contributed by atoms with Crippen LogP contribution in [0.4, 0.5) is 0 Å². The van der Waals surface area contributed by atoms with E-state index in [0.29, 0.717) is 12.6 Å². The molecule has 0 aromatic heterocycles. The van der Waals surface area contributed by atoms with Crippen LogP contribution in [0.25, 0.3) is 0 Å². The summed E-state index contributed by atoms with van der Waals surface area (Å²) in [5.74, 6) is 0.820. The minimum absolute atomic E-state index is 0.373. The number of aliphatic hydroxyl groups excluding tert-OH is 1. The van der Waals surface area contributed by atoms with Gasteiger partial charge in [0, 0.05) is 6.04 Å². The average Bonchev–Trinajstić information content (AvgIpc) is 2.52. The summed E-state index contributed by atoms with van der Waals surface area (Å²) < 4.78 is 5.55. The SMILES string of the molecule is CN1CCC(NCCCC(O)COc2ccccc2)CC1. The third kappa shape index (κ3) is 6.46. The molecule has 0 saturated carbocycles. The Kier molecular flexibility index (Phi) is 7.00. The van der Waals surface area contributed by atoms with Crippen molar-refractivity contribution in [2.24, 2.45) is 0 Å². The van der Waals surface area contributed by atoms with Crippen molar-refractivity contribution < 1.29 is 9.84 Å². The minimum atomic E-state index is -0.385. The van der Waals surface area contributed by atoms with Crippen molar-refractivity contribution in [1.82, 2.24) is 10.2 Å². The number of aliphatic hydroxyl groups is 1. The van der Waals surface area contributed by atoms with Gasteiger partial charge in [-0.05, 0) is 64.5 Å². The third-order valence-electron chi connectivity index (χ3n) is 4.05. The van der Waals surface area contributed by atoms with Gasteiger partial charge in [0.2, 0.25) is 0 Å². The molecule has 1 saturated heterocycles. The van der Waals surface area contributed by atoms with Crippen molar-refractivity contribution in [2.45, 2.75) is 37.8 Å². The lowest BCUT2D eigenvalue weighted by Gasteiger charge is -2.29. The van der Waals surface area contributed by atoms with Crippen LogP contribution in [-0.2, 0) is 0 Å². The standard InChI is InChI=1S/C17H28N2O2/c1-19-12-9-15(10-13-19)18-11-5-6-16(20)14-21-17-7-3-2-4-8-17/h2-4,7-8,15-16,18,20H,5-6,9-14H2,1H3. The number of hydrogen-bond acceptors (Lipinski definition) is 4. The fourth-order valence-corrected chi connectivity index (χ4v) is 2.65. The summed E-state index contributed by atoms with van der Waals surface area (Å²) in [6.07, 6.45) is 3.86. The van der Waals surface area contributed by atoms with Crippen LogP contribution in [0.15, 0.2) is 30.3 Å². The van der Waals surface area contributed by atoms with E-state index in [1.54, 1.807) is 0 Å². The average molecular weight is 292 g/mol. The molecule has 2 N–H and O–H groups in total. The molecule has 2 rings (SSSR count). The lowest BCUT2D eigenvalue weighted by molar-refractivity contribution is 0.0976. The molecule has 1 aromatic rings. The molecular weight excluding hydrogens is 264 g/mol. The number of likely N-dealkylation sites (tertiary alicyclic amines) is 1. The maximum Gasteiger partial charge on any atom is 0.119 e. The molecule has 4 nitrogen and oxygen atoms in total. The third-order valence-corrected chi connectivity index (χ3v) is 4.05. The Bertz CT molecular complexity index is 378. The van der Waals surface area contributed by atoms with Crippen molar-refractivity contribution in [1.29, 1.82) is 0 Å². The Balaban J connectivity index is 1.50. The molecule has 1 unspecified atom stereocenters. The van der Waals surface area contributed by atoms with Gasteiger partial charge in [-0.15, -0.1) is 0 Å². The highest BCUT2D eigenvalue weighted by molar-refractivity contribution is 5.20. The lowest BCUT2D eigenvalue weighted by Crippen LogP contribution is -2.41. The number of piperidine rings is 1. The Morgan fingerprint density at radius 3 is 2.71 bits per heavy atom. The van der Waals surface area contributed by atoms with Gasteiger partial charge in [-0.2, -0.15) is 0 Å². The van der Waals surface area contributed by atoms with Crippen molar-refractivity contribution in [3.63, 3.8) is 0 Å². The summed E-state index contributed by atoms with van der Waals surface area (Å²) >= 11 is 0. The van der Waals surface area contributed by atoms with Crippen molar-refractivity contribution in [3.8, 4) is 5.75 Å². The Morgan fingerprint density at radius 1 is 1.29 bits per heavy atom. The van der Waals surface area contributed by atoms with E-state index in [-0.39, 0.29) is 6.10 Å². The highest BCUT2D eigenvalue weighted by atomic mass is 16.5. The van der Waals surface area contributed by atoms with Gasteiger partial charge in [0.1, 0.15) is 12.4 Å². The van der Waals surface area contributed by atoms with Crippen LogP contribution in [0.3, 0.4) is 0 Å². The zero-order valence-corrected chi connectivity index (χ0v) is 13.0. The number of nitrogens with zero attached hydrogens (tertiary/aromatic N) is 1. The number of hydrogen-bond donors (Lipinski definition) is 2. The summed E-state index contributed by atoms with van der Waals surface area (Å²) in [5, 5.41) is 13.5. The first-order chi connectivity index (χ1) is 10.2. The summed E-state index contributed by atoms with van der Waals surface area (Å²) in [5.41, 5.74) is 0. The second kappa shape index (κ2) is 9.03. The minimum Gasteiger partial charge on any atom is -0.491 e. The summed E-state index contributed by atoms with van der Waals surface area (Å²) in [6, 6.07) is 10.3. The van der Waals surface area contributed by atoms with Gasteiger partial charge in [0.25, 0.3) is 0 Å². The van der Waals surface area contributed by atoms with E-state index in [1.165, 1.54) is 25.9 Å². The molecule has 0 aliphatic carbocycles. The normalized spacial score (nSPS) is 18.6. The molecule has 0 bridgehead atoms. The Labute approximate surface area is 128 Å². The largest absolute Gasteiger partial charge is 0.491 e. The van der Waals surface area contributed by atoms with Crippen LogP contribution in [0.5, 0.6) is 5.75 Å². The van der Waals surface area contributed by atoms with Crippen LogP contribution in [-0.4, -0.2) is 55.4 Å². The summed E-state index contributed by atoms with van der Waals surface area (Å²) in [7, 11) is 2.18. The van der Waals surface area contributed by atoms with Gasteiger partial charge in [-0.3, -0.25) is 0 Å². The van der Waals surface area contributed by atoms with E-state index in [1.807, 2.05) is 30.3 Å². The fourth-order valence-electron chi connectivity index (χ4n) is 2.65. The number of benzene rings is 1. The molecule has 21 heavy (non-hydrogen) atoms. The molecule has 4 heteroatoms. The molecule has 1 aliphatic heterocycles. The highest BCUT2D eigenvalue weighted by Gasteiger charge is 2.15. The number of rotatable bonds is 8. The molecule has 1 aliphatic rings. The van der Waals surface area contributed by atoms with Crippen LogP contribution in [0.2, 0.25) is 0 Å². The van der Waals surface area contributed by atoms with E-state index < -0.39 is 0 Å². The van der Waals surface area contributed by atoms with Crippen molar-refractivity contribution in [2.75, 3.05) is 33.3 Å². The van der Waals surface area contributed by atoms with Gasteiger partial charge < -0.3 is 20.1 Å². The van der Waals surface area contributed by atoms with E-state index in [4.69, 9.17) is 4.74 Å². The zero-order valence-electron chi connectivity index (χ0n) is 13.0. The van der Waals surface area contributed by atoms with Crippen molar-refractivity contribution in [3.05, 3.63) is 30.3 Å². The second-order valence-electron chi connectivity index (χ2n) is 5.95. The predicted molar refractivity (Wildman–Crippen MR) is 85.7 cm³/mol. The molecule has 1 aromatic carbocycles.